The van der Waals surface area contributed by atoms with Crippen LogP contribution >= 0.6 is 0 Å². The van der Waals surface area contributed by atoms with Gasteiger partial charge in [-0.3, -0.25) is 14.6 Å². The van der Waals surface area contributed by atoms with E-state index < -0.39 is 5.41 Å². The Hall–Kier alpha value is -2.69. The number of hydrogen-bond acceptors (Lipinski definition) is 3. The van der Waals surface area contributed by atoms with E-state index in [0.29, 0.717) is 19.0 Å². The third-order valence-electron chi connectivity index (χ3n) is 7.11. The van der Waals surface area contributed by atoms with Crippen molar-refractivity contribution in [2.45, 2.75) is 52.4 Å². The summed E-state index contributed by atoms with van der Waals surface area (Å²) >= 11 is 0. The van der Waals surface area contributed by atoms with Crippen molar-refractivity contribution in [1.29, 1.82) is 0 Å². The first-order valence-electron chi connectivity index (χ1n) is 12.1. The summed E-state index contributed by atoms with van der Waals surface area (Å²) in [6.45, 7) is 6.98. The van der Waals surface area contributed by atoms with Crippen molar-refractivity contribution in [2.75, 3.05) is 26.2 Å². The lowest BCUT2D eigenvalue weighted by Crippen LogP contribution is -2.53. The number of rotatable bonds is 5. The summed E-state index contributed by atoms with van der Waals surface area (Å²) in [4.78, 5) is 34.6. The van der Waals surface area contributed by atoms with Gasteiger partial charge in [0.2, 0.25) is 11.8 Å². The van der Waals surface area contributed by atoms with Crippen LogP contribution in [0.1, 0.15) is 51.5 Å². The van der Waals surface area contributed by atoms with Gasteiger partial charge in [-0.2, -0.15) is 0 Å². The molecule has 4 rings (SSSR count). The Bertz CT molecular complexity index is 910. The second-order valence-electron chi connectivity index (χ2n) is 9.73. The van der Waals surface area contributed by atoms with Crippen molar-refractivity contribution in [3.8, 4) is 11.1 Å². The fraction of sp³-hybridized carbons (Fsp3) is 0.519. The van der Waals surface area contributed by atoms with Gasteiger partial charge in [0.25, 0.3) is 0 Å². The van der Waals surface area contributed by atoms with E-state index in [1.807, 2.05) is 31.0 Å². The highest BCUT2D eigenvalue weighted by Crippen LogP contribution is 2.38. The standard InChI is InChI=1S/C27H35N3O2/c1-21(2)25(31)29-17-12-27(13-18-29,26(32)30-15-4-3-5-16-30)19-22-8-10-23(11-9-22)24-7-6-14-28-20-24/h6-11,14,20-21H,3-5,12-13,15-19H2,1-2H3. The number of carbonyl (C=O) groups is 2. The van der Waals surface area contributed by atoms with Crippen molar-refractivity contribution in [1.82, 2.24) is 14.8 Å². The lowest BCUT2D eigenvalue weighted by molar-refractivity contribution is -0.150. The second-order valence-corrected chi connectivity index (χ2v) is 9.73. The third-order valence-corrected chi connectivity index (χ3v) is 7.11. The van der Waals surface area contributed by atoms with E-state index in [1.54, 1.807) is 6.20 Å². The molecule has 2 aromatic rings. The van der Waals surface area contributed by atoms with Crippen LogP contribution in [-0.4, -0.2) is 52.8 Å². The molecule has 0 atom stereocenters. The number of aromatic nitrogens is 1. The Morgan fingerprint density at radius 2 is 1.59 bits per heavy atom. The maximum Gasteiger partial charge on any atom is 0.229 e. The molecule has 0 aliphatic carbocycles. The predicted octanol–water partition coefficient (Wildman–Crippen LogP) is 4.57. The predicted molar refractivity (Wildman–Crippen MR) is 127 cm³/mol. The van der Waals surface area contributed by atoms with Gasteiger partial charge in [-0.1, -0.05) is 44.2 Å². The van der Waals surface area contributed by atoms with Crippen LogP contribution in [0.2, 0.25) is 0 Å². The van der Waals surface area contributed by atoms with Gasteiger partial charge in [0.1, 0.15) is 0 Å². The highest BCUT2D eigenvalue weighted by atomic mass is 16.2. The molecular weight excluding hydrogens is 398 g/mol. The number of benzene rings is 1. The molecule has 5 heteroatoms. The molecule has 0 unspecified atom stereocenters. The van der Waals surface area contributed by atoms with Gasteiger partial charge in [0.05, 0.1) is 5.41 Å². The Morgan fingerprint density at radius 3 is 2.19 bits per heavy atom. The van der Waals surface area contributed by atoms with Crippen molar-refractivity contribution >= 4 is 11.8 Å². The van der Waals surface area contributed by atoms with Crippen LogP contribution in [0.4, 0.5) is 0 Å². The van der Waals surface area contributed by atoms with Gasteiger partial charge in [-0.25, -0.2) is 0 Å². The maximum absolute atomic E-state index is 13.8. The molecule has 1 aromatic carbocycles. The minimum Gasteiger partial charge on any atom is -0.342 e. The molecule has 32 heavy (non-hydrogen) atoms. The molecule has 2 fully saturated rings. The van der Waals surface area contributed by atoms with E-state index >= 15 is 0 Å². The largest absolute Gasteiger partial charge is 0.342 e. The number of hydrogen-bond donors (Lipinski definition) is 0. The Morgan fingerprint density at radius 1 is 0.906 bits per heavy atom. The second kappa shape index (κ2) is 9.85. The monoisotopic (exact) mass is 433 g/mol. The van der Waals surface area contributed by atoms with E-state index in [0.717, 1.165) is 56.3 Å². The molecule has 2 amide bonds. The molecule has 0 radical (unpaired) electrons. The fourth-order valence-electron chi connectivity index (χ4n) is 5.16. The van der Waals surface area contributed by atoms with E-state index in [9.17, 15) is 9.59 Å². The highest BCUT2D eigenvalue weighted by molar-refractivity contribution is 5.84. The van der Waals surface area contributed by atoms with Crippen molar-refractivity contribution in [3.05, 3.63) is 54.4 Å². The highest BCUT2D eigenvalue weighted by Gasteiger charge is 2.44. The van der Waals surface area contributed by atoms with Gasteiger partial charge >= 0.3 is 0 Å². The van der Waals surface area contributed by atoms with E-state index in [2.05, 4.69) is 40.2 Å². The first-order chi connectivity index (χ1) is 15.5. The van der Waals surface area contributed by atoms with Crippen LogP contribution in [0, 0.1) is 11.3 Å². The van der Waals surface area contributed by atoms with Crippen molar-refractivity contribution in [2.24, 2.45) is 11.3 Å². The van der Waals surface area contributed by atoms with Crippen LogP contribution < -0.4 is 0 Å². The molecule has 5 nitrogen and oxygen atoms in total. The molecule has 3 heterocycles. The van der Waals surface area contributed by atoms with Gasteiger partial charge in [0, 0.05) is 44.5 Å². The van der Waals surface area contributed by atoms with E-state index in [1.165, 1.54) is 12.0 Å². The Kier molecular flexibility index (Phi) is 6.92. The molecule has 2 aliphatic rings. The number of likely N-dealkylation sites (tertiary alicyclic amines) is 2. The minimum atomic E-state index is -0.416. The molecule has 0 spiro atoms. The van der Waals surface area contributed by atoms with Gasteiger partial charge in [-0.15, -0.1) is 0 Å². The number of amides is 2. The van der Waals surface area contributed by atoms with Gasteiger partial charge in [0.15, 0.2) is 0 Å². The van der Waals surface area contributed by atoms with Crippen LogP contribution in [0.15, 0.2) is 48.8 Å². The van der Waals surface area contributed by atoms with Gasteiger partial charge in [-0.05, 0) is 61.3 Å². The topological polar surface area (TPSA) is 53.5 Å². The molecule has 0 saturated carbocycles. The minimum absolute atomic E-state index is 0.000293. The zero-order valence-electron chi connectivity index (χ0n) is 19.4. The molecule has 170 valence electrons. The number of nitrogens with zero attached hydrogens (tertiary/aromatic N) is 3. The van der Waals surface area contributed by atoms with Crippen LogP contribution in [0.5, 0.6) is 0 Å². The summed E-state index contributed by atoms with van der Waals surface area (Å²) in [5.74, 6) is 0.496. The summed E-state index contributed by atoms with van der Waals surface area (Å²) in [6.07, 6.45) is 9.28. The molecule has 0 bridgehead atoms. The average Bonchev–Trinajstić information content (AvgIpc) is 2.85. The summed E-state index contributed by atoms with van der Waals surface area (Å²) in [5.41, 5.74) is 3.00. The number of piperidine rings is 2. The van der Waals surface area contributed by atoms with E-state index in [4.69, 9.17) is 0 Å². The summed E-state index contributed by atoms with van der Waals surface area (Å²) < 4.78 is 0. The average molecular weight is 434 g/mol. The number of pyridine rings is 1. The lowest BCUT2D eigenvalue weighted by atomic mass is 9.72. The summed E-state index contributed by atoms with van der Waals surface area (Å²) in [5, 5.41) is 0. The normalized spacial score (nSPS) is 18.6. The molecule has 2 saturated heterocycles. The molecule has 0 N–H and O–H groups in total. The van der Waals surface area contributed by atoms with Crippen molar-refractivity contribution in [3.63, 3.8) is 0 Å². The van der Waals surface area contributed by atoms with Crippen LogP contribution in [0.3, 0.4) is 0 Å². The van der Waals surface area contributed by atoms with E-state index in [-0.39, 0.29) is 11.8 Å². The van der Waals surface area contributed by atoms with Crippen LogP contribution in [-0.2, 0) is 16.0 Å². The van der Waals surface area contributed by atoms with Gasteiger partial charge < -0.3 is 9.80 Å². The zero-order chi connectivity index (χ0) is 22.6. The quantitative estimate of drug-likeness (QED) is 0.694. The first-order valence-corrected chi connectivity index (χ1v) is 12.1. The molecule has 2 aliphatic heterocycles. The lowest BCUT2D eigenvalue weighted by Gasteiger charge is -2.44. The molecular formula is C27H35N3O2. The number of carbonyl (C=O) groups excluding carboxylic acids is 2. The Labute approximate surface area is 191 Å². The van der Waals surface area contributed by atoms with Crippen molar-refractivity contribution < 1.29 is 9.59 Å². The SMILES string of the molecule is CC(C)C(=O)N1CCC(Cc2ccc(-c3cccnc3)cc2)(C(=O)N2CCCCC2)CC1. The first kappa shape index (κ1) is 22.5. The van der Waals surface area contributed by atoms with Crippen LogP contribution in [0.25, 0.3) is 11.1 Å². The molecule has 1 aromatic heterocycles. The fourth-order valence-corrected chi connectivity index (χ4v) is 5.16. The maximum atomic E-state index is 13.8. The summed E-state index contributed by atoms with van der Waals surface area (Å²) in [7, 11) is 0. The smallest absolute Gasteiger partial charge is 0.229 e. The summed E-state index contributed by atoms with van der Waals surface area (Å²) in [6, 6.07) is 12.6. The third kappa shape index (κ3) is 4.87. The zero-order valence-corrected chi connectivity index (χ0v) is 19.4. The Balaban J connectivity index is 1.54.